The van der Waals surface area contributed by atoms with Crippen molar-refractivity contribution in [1.29, 1.82) is 0 Å². The van der Waals surface area contributed by atoms with E-state index in [4.69, 9.17) is 4.74 Å². The maximum atomic E-state index is 13.6. The molecule has 0 fully saturated rings. The molecule has 0 N–H and O–H groups in total. The summed E-state index contributed by atoms with van der Waals surface area (Å²) in [6, 6.07) is 7.42. The number of alkyl halides is 1. The summed E-state index contributed by atoms with van der Waals surface area (Å²) in [5, 5.41) is 0. The normalized spacial score (nSPS) is 12.4. The van der Waals surface area contributed by atoms with E-state index in [1.165, 1.54) is 25.7 Å². The van der Waals surface area contributed by atoms with Gasteiger partial charge in [-0.05, 0) is 18.6 Å². The van der Waals surface area contributed by atoms with E-state index in [2.05, 4.69) is 19.6 Å². The van der Waals surface area contributed by atoms with Crippen molar-refractivity contribution in [3.8, 4) is 5.75 Å². The Morgan fingerprint density at radius 3 is 2.53 bits per heavy atom. The van der Waals surface area contributed by atoms with Gasteiger partial charge in [0.15, 0.2) is 0 Å². The van der Waals surface area contributed by atoms with Gasteiger partial charge in [0.05, 0.1) is 0 Å². The molecule has 1 aromatic carbocycles. The van der Waals surface area contributed by atoms with E-state index >= 15 is 0 Å². The molecule has 1 unspecified atom stereocenters. The van der Waals surface area contributed by atoms with Crippen molar-refractivity contribution >= 4 is 12.6 Å². The van der Waals surface area contributed by atoms with Gasteiger partial charge < -0.3 is 4.74 Å². The van der Waals surface area contributed by atoms with Crippen LogP contribution >= 0.6 is 12.6 Å². The molecule has 0 saturated carbocycles. The van der Waals surface area contributed by atoms with Crippen LogP contribution in [0.15, 0.2) is 29.2 Å². The van der Waals surface area contributed by atoms with Crippen molar-refractivity contribution in [1.82, 2.24) is 0 Å². The van der Waals surface area contributed by atoms with Crippen molar-refractivity contribution in [2.75, 3.05) is 6.61 Å². The molecule has 0 aliphatic heterocycles. The van der Waals surface area contributed by atoms with E-state index in [-0.39, 0.29) is 6.61 Å². The smallest absolute Gasteiger partial charge is 0.134 e. The Balaban J connectivity index is 2.08. The van der Waals surface area contributed by atoms with Gasteiger partial charge in [-0.1, -0.05) is 57.6 Å². The van der Waals surface area contributed by atoms with Crippen molar-refractivity contribution < 1.29 is 9.13 Å². The average Bonchev–Trinajstić information content (AvgIpc) is 2.42. The Labute approximate surface area is 122 Å². The highest BCUT2D eigenvalue weighted by molar-refractivity contribution is 7.80. The summed E-state index contributed by atoms with van der Waals surface area (Å²) in [6.45, 7) is 2.33. The Morgan fingerprint density at radius 1 is 1.11 bits per heavy atom. The summed E-state index contributed by atoms with van der Waals surface area (Å²) in [5.74, 6) is 0.663. The van der Waals surface area contributed by atoms with Gasteiger partial charge in [-0.3, -0.25) is 0 Å². The fourth-order valence-corrected chi connectivity index (χ4v) is 2.21. The van der Waals surface area contributed by atoms with Gasteiger partial charge in [-0.2, -0.15) is 0 Å². The third-order valence-corrected chi connectivity index (χ3v) is 3.53. The third kappa shape index (κ3) is 7.46. The minimum Gasteiger partial charge on any atom is -0.489 e. The maximum absolute atomic E-state index is 13.6. The number of halogens is 1. The minimum absolute atomic E-state index is 0.131. The zero-order valence-electron chi connectivity index (χ0n) is 11.8. The molecule has 108 valence electrons. The SMILES string of the molecule is CCCCCCCCC(F)COc1ccccc1S. The molecule has 1 aromatic rings. The van der Waals surface area contributed by atoms with Crippen LogP contribution < -0.4 is 4.74 Å². The second kappa shape index (κ2) is 10.1. The number of ether oxygens (including phenoxy) is 1. The van der Waals surface area contributed by atoms with Crippen LogP contribution in [0.1, 0.15) is 51.9 Å². The summed E-state index contributed by atoms with van der Waals surface area (Å²) in [6.07, 6.45) is 6.85. The van der Waals surface area contributed by atoms with Gasteiger partial charge in [0.2, 0.25) is 0 Å². The molecule has 0 bridgehead atoms. The van der Waals surface area contributed by atoms with Crippen LogP contribution in [0.2, 0.25) is 0 Å². The number of benzene rings is 1. The topological polar surface area (TPSA) is 9.23 Å². The van der Waals surface area contributed by atoms with Crippen LogP contribution in [-0.2, 0) is 0 Å². The van der Waals surface area contributed by atoms with Gasteiger partial charge in [-0.25, -0.2) is 4.39 Å². The van der Waals surface area contributed by atoms with Crippen LogP contribution in [0.4, 0.5) is 4.39 Å². The Kier molecular flexibility index (Phi) is 8.72. The van der Waals surface area contributed by atoms with Crippen molar-refractivity contribution in [3.05, 3.63) is 24.3 Å². The lowest BCUT2D eigenvalue weighted by atomic mass is 10.1. The predicted molar refractivity (Wildman–Crippen MR) is 82.1 cm³/mol. The van der Waals surface area contributed by atoms with Crippen molar-refractivity contribution in [2.45, 2.75) is 62.9 Å². The Morgan fingerprint density at radius 2 is 1.79 bits per heavy atom. The number of hydrogen-bond acceptors (Lipinski definition) is 2. The number of unbranched alkanes of at least 4 members (excludes halogenated alkanes) is 5. The van der Waals surface area contributed by atoms with Crippen LogP contribution in [0.25, 0.3) is 0 Å². The maximum Gasteiger partial charge on any atom is 0.134 e. The molecule has 0 aliphatic carbocycles. The highest BCUT2D eigenvalue weighted by atomic mass is 32.1. The molecule has 0 aliphatic rings. The van der Waals surface area contributed by atoms with E-state index in [1.807, 2.05) is 24.3 Å². The lowest BCUT2D eigenvalue weighted by Gasteiger charge is -2.11. The van der Waals surface area contributed by atoms with E-state index in [9.17, 15) is 4.39 Å². The molecule has 1 atom stereocenters. The number of rotatable bonds is 10. The zero-order valence-corrected chi connectivity index (χ0v) is 12.7. The standard InChI is InChI=1S/C16H25FOS/c1-2-3-4-5-6-7-10-14(17)13-18-15-11-8-9-12-16(15)19/h8-9,11-12,14,19H,2-7,10,13H2,1H3. The van der Waals surface area contributed by atoms with Crippen LogP contribution in [0, 0.1) is 0 Å². The molecule has 0 aromatic heterocycles. The van der Waals surface area contributed by atoms with E-state index in [0.29, 0.717) is 12.2 Å². The monoisotopic (exact) mass is 284 g/mol. The predicted octanol–water partition coefficient (Wildman–Crippen LogP) is 5.44. The van der Waals surface area contributed by atoms with Crippen LogP contribution in [-0.4, -0.2) is 12.8 Å². The summed E-state index contributed by atoms with van der Waals surface area (Å²) in [7, 11) is 0. The van der Waals surface area contributed by atoms with Gasteiger partial charge >= 0.3 is 0 Å². The lowest BCUT2D eigenvalue weighted by molar-refractivity contribution is 0.181. The fourth-order valence-electron chi connectivity index (χ4n) is 1.99. The summed E-state index contributed by atoms with van der Waals surface area (Å²) in [4.78, 5) is 0.759. The molecule has 0 radical (unpaired) electrons. The summed E-state index contributed by atoms with van der Waals surface area (Å²) >= 11 is 4.27. The first kappa shape index (κ1) is 16.4. The lowest BCUT2D eigenvalue weighted by Crippen LogP contribution is -2.13. The molecule has 0 amide bonds. The zero-order chi connectivity index (χ0) is 13.9. The molecule has 0 saturated heterocycles. The van der Waals surface area contributed by atoms with Crippen molar-refractivity contribution in [3.63, 3.8) is 0 Å². The van der Waals surface area contributed by atoms with Crippen molar-refractivity contribution in [2.24, 2.45) is 0 Å². The molecule has 19 heavy (non-hydrogen) atoms. The number of thiol groups is 1. The first-order valence-corrected chi connectivity index (χ1v) is 7.73. The molecule has 0 spiro atoms. The molecular weight excluding hydrogens is 259 g/mol. The molecule has 3 heteroatoms. The quantitative estimate of drug-likeness (QED) is 0.444. The van der Waals surface area contributed by atoms with Crippen LogP contribution in [0.5, 0.6) is 5.75 Å². The second-order valence-corrected chi connectivity index (χ2v) is 5.41. The first-order chi connectivity index (χ1) is 9.24. The Bertz CT molecular complexity index is 343. The summed E-state index contributed by atoms with van der Waals surface area (Å²) in [5.41, 5.74) is 0. The first-order valence-electron chi connectivity index (χ1n) is 7.29. The van der Waals surface area contributed by atoms with Crippen LogP contribution in [0.3, 0.4) is 0 Å². The molecule has 0 heterocycles. The highest BCUT2D eigenvalue weighted by Gasteiger charge is 2.08. The van der Waals surface area contributed by atoms with Gasteiger partial charge in [-0.15, -0.1) is 12.6 Å². The highest BCUT2D eigenvalue weighted by Crippen LogP contribution is 2.22. The van der Waals surface area contributed by atoms with E-state index in [0.717, 1.165) is 17.7 Å². The minimum atomic E-state index is -0.876. The number of para-hydroxylation sites is 1. The van der Waals surface area contributed by atoms with Gasteiger partial charge in [0.25, 0.3) is 0 Å². The van der Waals surface area contributed by atoms with E-state index < -0.39 is 6.17 Å². The molecule has 1 nitrogen and oxygen atoms in total. The van der Waals surface area contributed by atoms with Gasteiger partial charge in [0, 0.05) is 4.90 Å². The molecule has 1 rings (SSSR count). The largest absolute Gasteiger partial charge is 0.489 e. The molecular formula is C16H25FOS. The summed E-state index contributed by atoms with van der Waals surface area (Å²) < 4.78 is 19.1. The second-order valence-electron chi connectivity index (χ2n) is 4.93. The van der Waals surface area contributed by atoms with E-state index in [1.54, 1.807) is 0 Å². The van der Waals surface area contributed by atoms with Gasteiger partial charge in [0.1, 0.15) is 18.5 Å². The fraction of sp³-hybridized carbons (Fsp3) is 0.625. The Hall–Kier alpha value is -0.700. The average molecular weight is 284 g/mol. The third-order valence-electron chi connectivity index (χ3n) is 3.16. The number of hydrogen-bond donors (Lipinski definition) is 1.